The summed E-state index contributed by atoms with van der Waals surface area (Å²) in [6, 6.07) is 16.8. The number of hydrogen-bond acceptors (Lipinski definition) is 6. The third-order valence-electron chi connectivity index (χ3n) is 4.02. The number of rotatable bonds is 7. The minimum atomic E-state index is -0.910. The van der Waals surface area contributed by atoms with Gasteiger partial charge in [-0.3, -0.25) is 14.7 Å². The molecule has 6 nitrogen and oxygen atoms in total. The van der Waals surface area contributed by atoms with Gasteiger partial charge < -0.3 is 14.9 Å². The van der Waals surface area contributed by atoms with E-state index in [1.807, 2.05) is 62.4 Å². The van der Waals surface area contributed by atoms with E-state index in [0.717, 1.165) is 11.3 Å². The lowest BCUT2D eigenvalue weighted by atomic mass is 10.2. The van der Waals surface area contributed by atoms with Crippen LogP contribution in [0.4, 0.5) is 5.69 Å². The monoisotopic (exact) mass is 412 g/mol. The maximum Gasteiger partial charge on any atom is 0.271 e. The van der Waals surface area contributed by atoms with Crippen molar-refractivity contribution in [2.75, 3.05) is 18.1 Å². The molecule has 1 aliphatic rings. The Bertz CT molecular complexity index is 895. The number of para-hydroxylation sites is 1. The van der Waals surface area contributed by atoms with Gasteiger partial charge in [0.25, 0.3) is 5.91 Å². The van der Waals surface area contributed by atoms with E-state index in [0.29, 0.717) is 15.8 Å². The van der Waals surface area contributed by atoms with Gasteiger partial charge in [0.2, 0.25) is 0 Å². The molecule has 0 saturated carbocycles. The lowest BCUT2D eigenvalue weighted by Crippen LogP contribution is -2.29. The zero-order chi connectivity index (χ0) is 20.8. The molecular weight excluding hydrogens is 388 g/mol. The van der Waals surface area contributed by atoms with Gasteiger partial charge in [-0.1, -0.05) is 30.3 Å². The molecule has 7 heteroatoms. The maximum absolute atomic E-state index is 13.1. The number of carbonyl (C=O) groups excluding carboxylic acids is 1. The summed E-state index contributed by atoms with van der Waals surface area (Å²) in [6.45, 7) is 3.64. The molecule has 2 N–H and O–H groups in total. The van der Waals surface area contributed by atoms with Crippen molar-refractivity contribution in [2.45, 2.75) is 26.0 Å². The van der Waals surface area contributed by atoms with Crippen molar-refractivity contribution in [1.29, 1.82) is 0 Å². The molecule has 1 unspecified atom stereocenters. The van der Waals surface area contributed by atoms with Crippen LogP contribution in [0.1, 0.15) is 19.4 Å². The van der Waals surface area contributed by atoms with E-state index in [1.165, 1.54) is 11.8 Å². The highest BCUT2D eigenvalue weighted by atomic mass is 32.2. The highest BCUT2D eigenvalue weighted by Gasteiger charge is 2.34. The van der Waals surface area contributed by atoms with E-state index in [4.69, 9.17) is 9.84 Å². The van der Waals surface area contributed by atoms with Gasteiger partial charge in [-0.15, -0.1) is 0 Å². The van der Waals surface area contributed by atoms with Crippen molar-refractivity contribution < 1.29 is 19.7 Å². The molecule has 3 rings (SSSR count). The van der Waals surface area contributed by atoms with Crippen LogP contribution in [0, 0.1) is 0 Å². The second-order valence-corrected chi connectivity index (χ2v) is 7.82. The fourth-order valence-electron chi connectivity index (χ4n) is 2.64. The molecular formula is C22H24N2O4S. The van der Waals surface area contributed by atoms with Crippen LogP contribution in [0.25, 0.3) is 6.08 Å². The van der Waals surface area contributed by atoms with E-state index in [-0.39, 0.29) is 25.2 Å². The van der Waals surface area contributed by atoms with Crippen LogP contribution in [0.15, 0.2) is 64.5 Å². The molecule has 0 radical (unpaired) electrons. The number of aliphatic imine (C=N–C) groups is 1. The number of benzene rings is 2. The van der Waals surface area contributed by atoms with Gasteiger partial charge in [-0.2, -0.15) is 0 Å². The maximum atomic E-state index is 13.1. The molecule has 2 aromatic rings. The van der Waals surface area contributed by atoms with Gasteiger partial charge in [0, 0.05) is 6.04 Å². The van der Waals surface area contributed by atoms with Gasteiger partial charge in [-0.05, 0) is 61.5 Å². The van der Waals surface area contributed by atoms with Gasteiger partial charge >= 0.3 is 0 Å². The first-order chi connectivity index (χ1) is 14.0. The first-order valence-corrected chi connectivity index (χ1v) is 10.2. The number of anilines is 1. The van der Waals surface area contributed by atoms with Crippen molar-refractivity contribution in [1.82, 2.24) is 0 Å². The third kappa shape index (κ3) is 5.47. The Morgan fingerprint density at radius 3 is 2.45 bits per heavy atom. The minimum absolute atomic E-state index is 0.0202. The van der Waals surface area contributed by atoms with Crippen molar-refractivity contribution in [3.05, 3.63) is 65.1 Å². The van der Waals surface area contributed by atoms with Crippen molar-refractivity contribution >= 4 is 34.6 Å². The average molecular weight is 413 g/mol. The highest BCUT2D eigenvalue weighted by Crippen LogP contribution is 2.36. The molecule has 1 aliphatic heterocycles. The molecule has 1 atom stereocenters. The van der Waals surface area contributed by atoms with Crippen LogP contribution in [0.2, 0.25) is 0 Å². The van der Waals surface area contributed by atoms with Crippen molar-refractivity contribution in [2.24, 2.45) is 4.99 Å². The highest BCUT2D eigenvalue weighted by molar-refractivity contribution is 8.19. The quantitative estimate of drug-likeness (QED) is 0.682. The smallest absolute Gasteiger partial charge is 0.271 e. The molecule has 0 aromatic heterocycles. The number of amidine groups is 1. The number of nitrogens with zero attached hydrogens (tertiary/aromatic N) is 2. The van der Waals surface area contributed by atoms with E-state index >= 15 is 0 Å². The van der Waals surface area contributed by atoms with Crippen molar-refractivity contribution in [3.8, 4) is 5.75 Å². The van der Waals surface area contributed by atoms with Gasteiger partial charge in [0.05, 0.1) is 17.2 Å². The summed E-state index contributed by atoms with van der Waals surface area (Å²) in [5.74, 6) is 0.477. The Morgan fingerprint density at radius 2 is 1.83 bits per heavy atom. The Morgan fingerprint density at radius 1 is 1.14 bits per heavy atom. The summed E-state index contributed by atoms with van der Waals surface area (Å²) in [7, 11) is 0. The van der Waals surface area contributed by atoms with Crippen LogP contribution >= 0.6 is 11.8 Å². The summed E-state index contributed by atoms with van der Waals surface area (Å²) >= 11 is 1.36. The molecule has 1 saturated heterocycles. The van der Waals surface area contributed by atoms with Crippen LogP contribution in [0.5, 0.6) is 5.75 Å². The van der Waals surface area contributed by atoms with E-state index < -0.39 is 6.10 Å². The van der Waals surface area contributed by atoms with E-state index in [2.05, 4.69) is 4.99 Å². The summed E-state index contributed by atoms with van der Waals surface area (Å²) in [4.78, 5) is 19.9. The van der Waals surface area contributed by atoms with Gasteiger partial charge in [-0.25, -0.2) is 0 Å². The second-order valence-electron chi connectivity index (χ2n) is 6.81. The molecule has 29 heavy (non-hydrogen) atoms. The molecule has 2 aromatic carbocycles. The van der Waals surface area contributed by atoms with E-state index in [9.17, 15) is 9.90 Å². The Kier molecular flexibility index (Phi) is 7.09. The lowest BCUT2D eigenvalue weighted by molar-refractivity contribution is -0.113. The topological polar surface area (TPSA) is 82.4 Å². The first-order valence-electron chi connectivity index (χ1n) is 9.36. The molecule has 1 fully saturated rings. The number of ether oxygens (including phenoxy) is 1. The number of carbonyl (C=O) groups is 1. The summed E-state index contributed by atoms with van der Waals surface area (Å²) in [6.07, 6.45) is 0.921. The molecule has 1 amide bonds. The van der Waals surface area contributed by atoms with Crippen LogP contribution in [0.3, 0.4) is 0 Å². The zero-order valence-electron chi connectivity index (χ0n) is 16.4. The fraction of sp³-hybridized carbons (Fsp3) is 0.273. The Balaban J connectivity index is 1.81. The number of thioether (sulfide) groups is 1. The number of aliphatic hydroxyl groups is 2. The normalized spacial score (nSPS) is 18.1. The van der Waals surface area contributed by atoms with Crippen LogP contribution in [-0.4, -0.2) is 46.6 Å². The third-order valence-corrected chi connectivity index (χ3v) is 5.00. The van der Waals surface area contributed by atoms with Crippen molar-refractivity contribution in [3.63, 3.8) is 0 Å². The van der Waals surface area contributed by atoms with Gasteiger partial charge in [0.15, 0.2) is 5.17 Å². The first kappa shape index (κ1) is 21.1. The molecule has 0 bridgehead atoms. The molecule has 0 spiro atoms. The lowest BCUT2D eigenvalue weighted by Gasteiger charge is -2.16. The van der Waals surface area contributed by atoms with Gasteiger partial charge in [0.1, 0.15) is 18.5 Å². The SMILES string of the molecule is CC(C)N=C1SC(=Cc2ccc(OCC(O)CO)cc2)C(=O)N1c1ccccc1. The number of aliphatic hydroxyl groups excluding tert-OH is 2. The number of hydrogen-bond donors (Lipinski definition) is 2. The Labute approximate surface area is 174 Å². The minimum Gasteiger partial charge on any atom is -0.491 e. The molecule has 0 aliphatic carbocycles. The summed E-state index contributed by atoms with van der Waals surface area (Å²) in [5.41, 5.74) is 1.65. The summed E-state index contributed by atoms with van der Waals surface area (Å²) in [5, 5.41) is 18.9. The molecule has 1 heterocycles. The average Bonchev–Trinajstić information content (AvgIpc) is 3.01. The zero-order valence-corrected chi connectivity index (χ0v) is 17.2. The second kappa shape index (κ2) is 9.73. The largest absolute Gasteiger partial charge is 0.491 e. The number of amides is 1. The van der Waals surface area contributed by atoms with E-state index in [1.54, 1.807) is 17.0 Å². The standard InChI is InChI=1S/C22H24N2O4S/c1-15(2)23-22-24(17-6-4-3-5-7-17)21(27)20(29-22)12-16-8-10-19(11-9-16)28-14-18(26)13-25/h3-12,15,18,25-26H,13-14H2,1-2H3. The predicted octanol–water partition coefficient (Wildman–Crippen LogP) is 3.30. The van der Waals surface area contributed by atoms with Crippen LogP contribution in [-0.2, 0) is 4.79 Å². The predicted molar refractivity (Wildman–Crippen MR) is 117 cm³/mol. The van der Waals surface area contributed by atoms with Crippen LogP contribution < -0.4 is 9.64 Å². The molecule has 152 valence electrons. The Hall–Kier alpha value is -2.61. The summed E-state index contributed by atoms with van der Waals surface area (Å²) < 4.78 is 5.41. The fourth-order valence-corrected chi connectivity index (χ4v) is 3.76.